The highest BCUT2D eigenvalue weighted by Gasteiger charge is 2.22. The minimum atomic E-state index is -0.623. The van der Waals surface area contributed by atoms with Crippen molar-refractivity contribution >= 4 is 39.1 Å². The number of aromatic amines is 1. The van der Waals surface area contributed by atoms with E-state index in [2.05, 4.69) is 25.7 Å². The number of carbonyl (C=O) groups excluding carboxylic acids is 2. The fraction of sp³-hybridized carbons (Fsp3) is 0.294. The van der Waals surface area contributed by atoms with Crippen LogP contribution in [0.4, 0.5) is 5.13 Å². The van der Waals surface area contributed by atoms with Gasteiger partial charge in [0.2, 0.25) is 16.9 Å². The van der Waals surface area contributed by atoms with E-state index in [1.54, 1.807) is 45.3 Å². The molecule has 2 heterocycles. The molecule has 0 saturated carbocycles. The average molecular weight is 386 g/mol. The number of H-pyrrole nitrogens is 1. The van der Waals surface area contributed by atoms with E-state index >= 15 is 0 Å². The van der Waals surface area contributed by atoms with Crippen LogP contribution in [0.5, 0.6) is 0 Å². The van der Waals surface area contributed by atoms with Crippen molar-refractivity contribution in [2.24, 2.45) is 0 Å². The smallest absolute Gasteiger partial charge is 0.272 e. The predicted octanol–water partition coefficient (Wildman–Crippen LogP) is 1.15. The van der Waals surface area contributed by atoms with Crippen molar-refractivity contribution < 1.29 is 9.59 Å². The number of nitrogens with one attached hydrogen (secondary N) is 2. The first-order valence-corrected chi connectivity index (χ1v) is 8.99. The lowest BCUT2D eigenvalue weighted by Gasteiger charge is -2.11. The molecule has 2 aromatic heterocycles. The highest BCUT2D eigenvalue weighted by molar-refractivity contribution is 7.15. The average Bonchev–Trinajstić information content (AvgIpc) is 3.08. The Morgan fingerprint density at radius 2 is 1.93 bits per heavy atom. The summed E-state index contributed by atoms with van der Waals surface area (Å²) in [5.74, 6) is -1.05. The number of hydrogen-bond donors (Lipinski definition) is 2. The lowest BCUT2D eigenvalue weighted by atomic mass is 10.0. The number of anilines is 1. The summed E-state index contributed by atoms with van der Waals surface area (Å²) in [6, 6.07) is 6.98. The lowest BCUT2D eigenvalue weighted by Crippen LogP contribution is -2.23. The molecule has 1 atom stereocenters. The van der Waals surface area contributed by atoms with Crippen LogP contribution in [0.1, 0.15) is 23.5 Å². The molecule has 0 saturated heterocycles. The molecule has 0 aliphatic heterocycles. The van der Waals surface area contributed by atoms with Gasteiger partial charge >= 0.3 is 0 Å². The predicted molar refractivity (Wildman–Crippen MR) is 102 cm³/mol. The van der Waals surface area contributed by atoms with Crippen LogP contribution in [0.25, 0.3) is 10.8 Å². The largest absolute Gasteiger partial charge is 0.348 e. The van der Waals surface area contributed by atoms with E-state index in [-0.39, 0.29) is 23.8 Å². The Kier molecular flexibility index (Phi) is 5.26. The molecular weight excluding hydrogens is 368 g/mol. The van der Waals surface area contributed by atoms with Crippen molar-refractivity contribution in [1.82, 2.24) is 25.3 Å². The van der Waals surface area contributed by atoms with Gasteiger partial charge in [0.25, 0.3) is 5.56 Å². The second-order valence-electron chi connectivity index (χ2n) is 6.16. The van der Waals surface area contributed by atoms with Gasteiger partial charge in [-0.25, -0.2) is 5.10 Å². The van der Waals surface area contributed by atoms with Crippen LogP contribution in [0.2, 0.25) is 0 Å². The van der Waals surface area contributed by atoms with E-state index in [0.29, 0.717) is 26.6 Å². The molecule has 1 aromatic carbocycles. The van der Waals surface area contributed by atoms with Crippen LogP contribution < -0.4 is 10.9 Å². The van der Waals surface area contributed by atoms with Gasteiger partial charge in [0.15, 0.2) is 0 Å². The van der Waals surface area contributed by atoms with Crippen molar-refractivity contribution in [3.63, 3.8) is 0 Å². The van der Waals surface area contributed by atoms with Gasteiger partial charge in [-0.3, -0.25) is 19.7 Å². The first-order valence-electron chi connectivity index (χ1n) is 8.17. The molecule has 10 heteroatoms. The molecule has 0 fully saturated rings. The molecule has 0 spiro atoms. The van der Waals surface area contributed by atoms with E-state index < -0.39 is 5.92 Å². The van der Waals surface area contributed by atoms with E-state index in [9.17, 15) is 14.4 Å². The summed E-state index contributed by atoms with van der Waals surface area (Å²) in [5.41, 5.74) is 0.163. The van der Waals surface area contributed by atoms with Crippen LogP contribution in [0.15, 0.2) is 29.1 Å². The first kappa shape index (κ1) is 18.6. The minimum Gasteiger partial charge on any atom is -0.348 e. The summed E-state index contributed by atoms with van der Waals surface area (Å²) in [6.07, 6.45) is 0.127. The maximum atomic E-state index is 12.6. The Morgan fingerprint density at radius 3 is 2.63 bits per heavy atom. The van der Waals surface area contributed by atoms with Crippen molar-refractivity contribution in [3.8, 4) is 0 Å². The van der Waals surface area contributed by atoms with Crippen LogP contribution in [0, 0.1) is 0 Å². The maximum absolute atomic E-state index is 12.6. The van der Waals surface area contributed by atoms with Gasteiger partial charge in [-0.1, -0.05) is 29.5 Å². The van der Waals surface area contributed by atoms with E-state index in [0.717, 1.165) is 11.3 Å². The fourth-order valence-corrected chi connectivity index (χ4v) is 3.20. The molecule has 0 bridgehead atoms. The number of likely N-dealkylation sites (N-methyl/N-ethyl adjacent to an activating group) is 1. The van der Waals surface area contributed by atoms with Crippen molar-refractivity contribution in [2.75, 3.05) is 19.4 Å². The number of aromatic nitrogens is 4. The summed E-state index contributed by atoms with van der Waals surface area (Å²) in [5, 5.41) is 18.9. The molecule has 0 aliphatic carbocycles. The molecule has 3 rings (SSSR count). The lowest BCUT2D eigenvalue weighted by molar-refractivity contribution is -0.128. The molecule has 2 amide bonds. The molecule has 9 nitrogen and oxygen atoms in total. The topological polar surface area (TPSA) is 121 Å². The monoisotopic (exact) mass is 386 g/mol. The summed E-state index contributed by atoms with van der Waals surface area (Å²) >= 11 is 1.15. The molecular formula is C17H18N6O3S. The van der Waals surface area contributed by atoms with E-state index in [1.807, 2.05) is 0 Å². The quantitative estimate of drug-likeness (QED) is 0.678. The Hall–Kier alpha value is -3.14. The molecule has 0 radical (unpaired) electrons. The number of carbonyl (C=O) groups is 2. The number of nitrogens with zero attached hydrogens (tertiary/aromatic N) is 4. The number of fused-ring (bicyclic) bond motifs is 1. The maximum Gasteiger partial charge on any atom is 0.272 e. The third kappa shape index (κ3) is 4.00. The molecule has 0 aliphatic rings. The van der Waals surface area contributed by atoms with Gasteiger partial charge in [-0.2, -0.15) is 5.10 Å². The minimum absolute atomic E-state index is 0.0960. The van der Waals surface area contributed by atoms with Crippen molar-refractivity contribution in [3.05, 3.63) is 45.3 Å². The number of benzene rings is 1. The van der Waals surface area contributed by atoms with Crippen molar-refractivity contribution in [1.29, 1.82) is 0 Å². The van der Waals surface area contributed by atoms with Gasteiger partial charge in [0.1, 0.15) is 5.01 Å². The number of rotatable bonds is 5. The zero-order valence-corrected chi connectivity index (χ0v) is 15.8. The third-order valence-corrected chi connectivity index (χ3v) is 4.87. The standard InChI is InChI=1S/C17H18N6O3S/c1-9(14-10-6-4-5-7-11(10)16(26)21-20-14)15(25)18-17-22-19-12(27-17)8-13(24)23(2)3/h4-7,9H,8H2,1-3H3,(H,21,26)(H,18,22,25). The van der Waals surface area contributed by atoms with Crippen LogP contribution in [-0.2, 0) is 16.0 Å². The Bertz CT molecular complexity index is 1060. The number of hydrogen-bond acceptors (Lipinski definition) is 7. The van der Waals surface area contributed by atoms with E-state index in [1.165, 1.54) is 4.90 Å². The van der Waals surface area contributed by atoms with Gasteiger partial charge in [-0.15, -0.1) is 10.2 Å². The Balaban J connectivity index is 1.78. The highest BCUT2D eigenvalue weighted by Crippen LogP contribution is 2.23. The Labute approximate surface area is 158 Å². The number of amides is 2. The second-order valence-corrected chi connectivity index (χ2v) is 7.22. The van der Waals surface area contributed by atoms with Crippen LogP contribution >= 0.6 is 11.3 Å². The molecule has 27 heavy (non-hydrogen) atoms. The van der Waals surface area contributed by atoms with Crippen molar-refractivity contribution in [2.45, 2.75) is 19.3 Å². The van der Waals surface area contributed by atoms with Gasteiger partial charge in [0.05, 0.1) is 23.4 Å². The third-order valence-electron chi connectivity index (χ3n) is 4.03. The van der Waals surface area contributed by atoms with Crippen LogP contribution in [0.3, 0.4) is 0 Å². The Morgan fingerprint density at radius 1 is 1.22 bits per heavy atom. The van der Waals surface area contributed by atoms with Gasteiger partial charge in [-0.05, 0) is 13.0 Å². The zero-order chi connectivity index (χ0) is 19.6. The second kappa shape index (κ2) is 7.62. The molecule has 140 valence electrons. The molecule has 2 N–H and O–H groups in total. The summed E-state index contributed by atoms with van der Waals surface area (Å²) in [4.78, 5) is 37.7. The summed E-state index contributed by atoms with van der Waals surface area (Å²) in [6.45, 7) is 1.69. The summed E-state index contributed by atoms with van der Waals surface area (Å²) in [7, 11) is 3.32. The molecule has 1 unspecified atom stereocenters. The van der Waals surface area contributed by atoms with E-state index in [4.69, 9.17) is 0 Å². The first-order chi connectivity index (χ1) is 12.9. The summed E-state index contributed by atoms with van der Waals surface area (Å²) < 4.78 is 0. The van der Waals surface area contributed by atoms with Gasteiger partial charge in [0, 0.05) is 19.5 Å². The fourth-order valence-electron chi connectivity index (χ4n) is 2.47. The van der Waals surface area contributed by atoms with Gasteiger partial charge < -0.3 is 4.90 Å². The molecule has 3 aromatic rings. The SMILES string of the molecule is CC(C(=O)Nc1nnc(CC(=O)N(C)C)s1)c1n[nH]c(=O)c2ccccc12. The highest BCUT2D eigenvalue weighted by atomic mass is 32.1. The van der Waals surface area contributed by atoms with Crippen LogP contribution in [-0.4, -0.2) is 51.2 Å². The normalized spacial score (nSPS) is 12.0. The zero-order valence-electron chi connectivity index (χ0n) is 15.0.